The molecule has 248 valence electrons. The lowest BCUT2D eigenvalue weighted by Gasteiger charge is -2.26. The van der Waals surface area contributed by atoms with Crippen LogP contribution in [0.1, 0.15) is 105 Å². The zero-order valence-electron chi connectivity index (χ0n) is 29.7. The molecule has 2 N–H and O–H groups in total. The molecule has 0 fully saturated rings. The van der Waals surface area contributed by atoms with E-state index in [4.69, 9.17) is 33.2 Å². The van der Waals surface area contributed by atoms with Crippen molar-refractivity contribution in [2.24, 2.45) is 0 Å². The highest BCUT2D eigenvalue weighted by Gasteiger charge is 2.21. The predicted molar refractivity (Wildman–Crippen MR) is 207 cm³/mol. The maximum atomic E-state index is 8.63. The van der Waals surface area contributed by atoms with Gasteiger partial charge in [0.05, 0.1) is 0 Å². The van der Waals surface area contributed by atoms with Gasteiger partial charge in [0.25, 0.3) is 0 Å². The van der Waals surface area contributed by atoms with Crippen molar-refractivity contribution in [3.05, 3.63) is 122 Å². The van der Waals surface area contributed by atoms with Gasteiger partial charge in [0, 0.05) is 14.5 Å². The van der Waals surface area contributed by atoms with Gasteiger partial charge >= 0.3 is 7.12 Å². The quantitative estimate of drug-likeness (QED) is 0.202. The molecule has 0 aliphatic rings. The molecule has 46 heavy (non-hydrogen) atoms. The summed E-state index contributed by atoms with van der Waals surface area (Å²) in [7, 11) is -1.41. The lowest BCUT2D eigenvalue weighted by atomic mass is 9.79. The molecule has 0 bridgehead atoms. The summed E-state index contributed by atoms with van der Waals surface area (Å²) in [5.41, 5.74) is 9.17. The maximum absolute atomic E-state index is 8.63. The molecule has 0 aromatic heterocycles. The number of hydrogen-bond acceptors (Lipinski definition) is 2. The molecule has 0 saturated heterocycles. The van der Waals surface area contributed by atoms with Gasteiger partial charge in [-0.15, -0.1) is 0 Å². The van der Waals surface area contributed by atoms with E-state index in [0.29, 0.717) is 10.5 Å². The van der Waals surface area contributed by atoms with Gasteiger partial charge < -0.3 is 10.0 Å². The molecule has 0 radical (unpaired) electrons. The molecule has 4 rings (SSSR count). The highest BCUT2D eigenvalue weighted by atomic mass is 79.9. The van der Waals surface area contributed by atoms with Gasteiger partial charge in [0.1, 0.15) is 0 Å². The Bertz CT molecular complexity index is 1490. The van der Waals surface area contributed by atoms with Gasteiger partial charge in [0.2, 0.25) is 0 Å². The highest BCUT2D eigenvalue weighted by Crippen LogP contribution is 2.34. The van der Waals surface area contributed by atoms with E-state index in [9.17, 15) is 0 Å². The standard InChI is InChI=1S/C20H25Cl.C14H21Br.C6H6BClO2/c1-19(2,3)16-11-15(12-17(13-16)20(4,5)6)14-7-9-18(21)10-8-14;1-13(2,3)10-7-11(14(4,5)6)9-12(15)8-10;8-6-3-1-5(2-4-6)7(9)10/h7-13H,1-6H3;7-9H,1-6H3;1-4,9-10H. The van der Waals surface area contributed by atoms with Crippen LogP contribution in [0.4, 0.5) is 0 Å². The van der Waals surface area contributed by atoms with E-state index in [2.05, 4.69) is 148 Å². The fraction of sp³-hybridized carbons (Fsp3) is 0.400. The van der Waals surface area contributed by atoms with Crippen LogP contribution in [0, 0.1) is 0 Å². The van der Waals surface area contributed by atoms with Gasteiger partial charge in [-0.3, -0.25) is 0 Å². The van der Waals surface area contributed by atoms with E-state index < -0.39 is 7.12 Å². The third kappa shape index (κ3) is 12.8. The van der Waals surface area contributed by atoms with Crippen LogP contribution in [0.2, 0.25) is 10.0 Å². The summed E-state index contributed by atoms with van der Waals surface area (Å²) in [4.78, 5) is 0. The van der Waals surface area contributed by atoms with Crippen molar-refractivity contribution >= 4 is 51.7 Å². The second-order valence-electron chi connectivity index (χ2n) is 16.0. The average molecular weight is 726 g/mol. The van der Waals surface area contributed by atoms with Gasteiger partial charge in [-0.2, -0.15) is 0 Å². The Balaban J connectivity index is 0.000000257. The number of rotatable bonds is 2. The summed E-state index contributed by atoms with van der Waals surface area (Å²) in [6.07, 6.45) is 0. The first-order valence-corrected chi connectivity index (χ1v) is 17.3. The monoisotopic (exact) mass is 724 g/mol. The first kappa shape index (κ1) is 40.1. The summed E-state index contributed by atoms with van der Waals surface area (Å²) in [5, 5.41) is 18.6. The van der Waals surface area contributed by atoms with Gasteiger partial charge in [0.15, 0.2) is 0 Å². The first-order valence-electron chi connectivity index (χ1n) is 15.7. The summed E-state index contributed by atoms with van der Waals surface area (Å²) in [6, 6.07) is 28.2. The second-order valence-corrected chi connectivity index (χ2v) is 17.7. The lowest BCUT2D eigenvalue weighted by molar-refractivity contribution is 0.426. The topological polar surface area (TPSA) is 40.5 Å². The average Bonchev–Trinajstić information content (AvgIpc) is 2.92. The van der Waals surface area contributed by atoms with Crippen LogP contribution in [-0.4, -0.2) is 17.2 Å². The molecule has 0 atom stereocenters. The van der Waals surface area contributed by atoms with Crippen LogP contribution < -0.4 is 5.46 Å². The third-order valence-corrected chi connectivity index (χ3v) is 8.60. The Labute approximate surface area is 297 Å². The molecule has 0 amide bonds. The van der Waals surface area contributed by atoms with Gasteiger partial charge in [-0.05, 0) is 96.9 Å². The van der Waals surface area contributed by atoms with E-state index in [-0.39, 0.29) is 21.7 Å². The normalized spacial score (nSPS) is 12.0. The molecule has 0 aliphatic carbocycles. The smallest absolute Gasteiger partial charge is 0.423 e. The fourth-order valence-electron chi connectivity index (χ4n) is 4.39. The first-order chi connectivity index (χ1) is 20.9. The van der Waals surface area contributed by atoms with Crippen molar-refractivity contribution in [1.29, 1.82) is 0 Å². The molecular weight excluding hydrogens is 674 g/mol. The van der Waals surface area contributed by atoms with Gasteiger partial charge in [-0.25, -0.2) is 0 Å². The fourth-order valence-corrected chi connectivity index (χ4v) is 5.14. The Hall–Kier alpha value is -2.08. The highest BCUT2D eigenvalue weighted by molar-refractivity contribution is 9.10. The minimum Gasteiger partial charge on any atom is -0.423 e. The van der Waals surface area contributed by atoms with Crippen molar-refractivity contribution in [1.82, 2.24) is 0 Å². The van der Waals surface area contributed by atoms with E-state index in [1.807, 2.05) is 12.1 Å². The van der Waals surface area contributed by atoms with Crippen molar-refractivity contribution < 1.29 is 10.0 Å². The van der Waals surface area contributed by atoms with E-state index >= 15 is 0 Å². The maximum Gasteiger partial charge on any atom is 0.488 e. The van der Waals surface area contributed by atoms with Gasteiger partial charge in [-0.1, -0.05) is 171 Å². The van der Waals surface area contributed by atoms with Crippen LogP contribution in [0.15, 0.2) is 89.4 Å². The van der Waals surface area contributed by atoms with Crippen molar-refractivity contribution in [3.8, 4) is 11.1 Å². The summed E-state index contributed by atoms with van der Waals surface area (Å²) in [6.45, 7) is 27.1. The molecule has 4 aromatic rings. The van der Waals surface area contributed by atoms with E-state index in [0.717, 1.165) is 5.02 Å². The summed E-state index contributed by atoms with van der Waals surface area (Å²) in [5.74, 6) is 0. The van der Waals surface area contributed by atoms with E-state index in [1.54, 1.807) is 24.3 Å². The largest absolute Gasteiger partial charge is 0.488 e. The van der Waals surface area contributed by atoms with E-state index in [1.165, 1.54) is 37.9 Å². The predicted octanol–water partition coefficient (Wildman–Crippen LogP) is 11.7. The van der Waals surface area contributed by atoms with Crippen molar-refractivity contribution in [3.63, 3.8) is 0 Å². The van der Waals surface area contributed by atoms with Crippen LogP contribution in [-0.2, 0) is 21.7 Å². The zero-order chi connectivity index (χ0) is 35.3. The number of benzene rings is 4. The minimum absolute atomic E-state index is 0.141. The SMILES string of the molecule is CC(C)(C)c1cc(-c2ccc(Cl)cc2)cc(C(C)(C)C)c1.CC(C)(C)c1cc(Br)cc(C(C)(C)C)c1.OB(O)c1ccc(Cl)cc1. The van der Waals surface area contributed by atoms with Crippen LogP contribution in [0.3, 0.4) is 0 Å². The van der Waals surface area contributed by atoms with Crippen molar-refractivity contribution in [2.75, 3.05) is 0 Å². The number of halogens is 3. The second kappa shape index (κ2) is 15.9. The molecule has 0 spiro atoms. The van der Waals surface area contributed by atoms with Crippen LogP contribution in [0.25, 0.3) is 11.1 Å². The Kier molecular flexibility index (Phi) is 13.8. The molecular formula is C40H52BBrCl2O2. The Morgan fingerprint density at radius 2 is 0.761 bits per heavy atom. The summed E-state index contributed by atoms with van der Waals surface area (Å²) >= 11 is 15.2. The molecule has 2 nitrogen and oxygen atoms in total. The molecule has 4 aromatic carbocycles. The Morgan fingerprint density at radius 3 is 1.07 bits per heavy atom. The third-order valence-electron chi connectivity index (χ3n) is 7.64. The molecule has 6 heteroatoms. The summed E-state index contributed by atoms with van der Waals surface area (Å²) < 4.78 is 1.18. The molecule has 0 aliphatic heterocycles. The Morgan fingerprint density at radius 1 is 0.457 bits per heavy atom. The van der Waals surface area contributed by atoms with Crippen LogP contribution in [0.5, 0.6) is 0 Å². The molecule has 0 unspecified atom stereocenters. The van der Waals surface area contributed by atoms with Crippen LogP contribution >= 0.6 is 39.1 Å². The molecule has 0 heterocycles. The lowest BCUT2D eigenvalue weighted by Crippen LogP contribution is -2.29. The van der Waals surface area contributed by atoms with Crippen molar-refractivity contribution in [2.45, 2.75) is 105 Å². The number of hydrogen-bond donors (Lipinski definition) is 2. The molecule has 0 saturated carbocycles. The minimum atomic E-state index is -1.41. The zero-order valence-corrected chi connectivity index (χ0v) is 32.8.